The largest absolute Gasteiger partial charge is 0.477 e. The van der Waals surface area contributed by atoms with Crippen LogP contribution in [0.4, 0.5) is 0 Å². The second kappa shape index (κ2) is 27.2. The Morgan fingerprint density at radius 2 is 1.04 bits per heavy atom. The minimum absolute atomic E-state index is 0.696. The molecule has 0 radical (unpaired) electrons. The van der Waals surface area contributed by atoms with Crippen LogP contribution in [0.2, 0.25) is 0 Å². The summed E-state index contributed by atoms with van der Waals surface area (Å²) in [5.74, 6) is -15.5. The van der Waals surface area contributed by atoms with E-state index in [1.54, 1.807) is 0 Å². The van der Waals surface area contributed by atoms with Gasteiger partial charge in [-0.05, 0) is 0 Å². The predicted octanol–water partition coefficient (Wildman–Crippen LogP) is -2.00. The lowest BCUT2D eigenvalue weighted by Gasteiger charge is -2.50. The SMILES string of the molecule is CC(=O)N[C@@H]1[C@@H](O[C@@H]2O[C@H](COC(C)=O)[C@H](OC(C)=O)[C@H](OC(C)=O)[C@H]2OC(C)=O)[C@@H](OC(C)=O)[C@@H](CO[C@]2(C(=O)O)C[C@H](OC(C)=O)[C@@H](NC(C)=O)[C@H]([C@H](OC(C)=O)[C@@H](COC(C)=O)OC(C)=O)O2)O[C@@H]1S. The molecule has 0 spiro atoms. The predicted molar refractivity (Wildman–Crippen MR) is 234 cm³/mol. The van der Waals surface area contributed by atoms with Gasteiger partial charge in [0.15, 0.2) is 42.9 Å². The quantitative estimate of drug-likeness (QED) is 0.0548. The number of nitrogens with one attached hydrogen (secondary N) is 2. The Labute approximate surface area is 422 Å². The molecule has 30 heteroatoms. The molecule has 3 fully saturated rings. The van der Waals surface area contributed by atoms with Crippen LogP contribution in [0.5, 0.6) is 0 Å². The van der Waals surface area contributed by atoms with E-state index in [0.717, 1.165) is 76.2 Å². The smallest absolute Gasteiger partial charge is 0.364 e. The van der Waals surface area contributed by atoms with Gasteiger partial charge in [0.2, 0.25) is 11.8 Å². The van der Waals surface area contributed by atoms with E-state index in [-0.39, 0.29) is 0 Å². The molecular formula is C43H60N2O27S. The highest BCUT2D eigenvalue weighted by Crippen LogP contribution is 2.39. The summed E-state index contributed by atoms with van der Waals surface area (Å²) in [7, 11) is 0. The van der Waals surface area contributed by atoms with Crippen LogP contribution in [-0.2, 0) is 124 Å². The minimum atomic E-state index is -3.07. The van der Waals surface area contributed by atoms with Gasteiger partial charge in [-0.15, -0.1) is 12.6 Å². The molecule has 0 aromatic rings. The molecule has 3 saturated heterocycles. The van der Waals surface area contributed by atoms with Gasteiger partial charge in [-0.2, -0.15) is 0 Å². The number of rotatable bonds is 21. The standard InChI is InChI=1S/C43H60N2O27S/c1-16(46)44-31-27(62-20(5)50)12-43(42(57)58,72-37(31)34(65-23(8)53)28(63-21(6)51)13-59-18(3)48)61-15-30-33(64-22(7)52)36(32(41(73)70-30)45-17(2)47)71-40-39(68-26(11)56)38(67-25(10)55)35(66-24(9)54)29(69-40)14-60-19(4)49/h27-41,73H,12-15H2,1-11H3,(H,44,46)(H,45,47)(H,57,58)/t27-,28+,29+,30+,31+,32+,33-,34+,35-,36+,37+,38-,39+,40-,41+,43+/m0/s1. The summed E-state index contributed by atoms with van der Waals surface area (Å²) in [4.78, 5) is 151. The van der Waals surface area contributed by atoms with Crippen LogP contribution in [-0.4, -0.2) is 193 Å². The van der Waals surface area contributed by atoms with Crippen molar-refractivity contribution >= 4 is 84.1 Å². The number of carboxylic acids is 1. The number of ether oxygens (including phenoxy) is 14. The van der Waals surface area contributed by atoms with Crippen molar-refractivity contribution in [2.24, 2.45) is 0 Å². The van der Waals surface area contributed by atoms with Gasteiger partial charge in [0.1, 0.15) is 49.2 Å². The fourth-order valence-corrected chi connectivity index (χ4v) is 8.41. The number of thiol groups is 1. The average Bonchev–Trinajstić information content (AvgIpc) is 3.23. The second-order valence-corrected chi connectivity index (χ2v) is 17.1. The molecule has 410 valence electrons. The number of hydrogen-bond acceptors (Lipinski definition) is 27. The molecule has 0 aromatic heterocycles. The number of carbonyl (C=O) groups excluding carboxylic acids is 11. The Morgan fingerprint density at radius 1 is 0.562 bits per heavy atom. The van der Waals surface area contributed by atoms with E-state index < -0.39 is 194 Å². The Kier molecular flexibility index (Phi) is 22.8. The zero-order chi connectivity index (χ0) is 55.2. The van der Waals surface area contributed by atoms with Gasteiger partial charge in [-0.25, -0.2) is 4.79 Å². The first-order valence-corrected chi connectivity index (χ1v) is 22.7. The van der Waals surface area contributed by atoms with Crippen LogP contribution in [0.15, 0.2) is 0 Å². The lowest BCUT2D eigenvalue weighted by molar-refractivity contribution is -0.340. The molecule has 73 heavy (non-hydrogen) atoms. The van der Waals surface area contributed by atoms with Gasteiger partial charge in [-0.3, -0.25) is 52.7 Å². The van der Waals surface area contributed by atoms with Crippen LogP contribution >= 0.6 is 12.6 Å². The third-order valence-corrected chi connectivity index (χ3v) is 10.8. The van der Waals surface area contributed by atoms with Gasteiger partial charge < -0.3 is 82.1 Å². The van der Waals surface area contributed by atoms with E-state index >= 15 is 0 Å². The van der Waals surface area contributed by atoms with Crippen molar-refractivity contribution in [2.75, 3.05) is 19.8 Å². The van der Waals surface area contributed by atoms with E-state index in [0.29, 0.717) is 0 Å². The van der Waals surface area contributed by atoms with Crippen molar-refractivity contribution < 1.29 is 129 Å². The van der Waals surface area contributed by atoms with Crippen LogP contribution in [0.3, 0.4) is 0 Å². The molecular weight excluding hydrogens is 1010 g/mol. The Hall–Kier alpha value is -6.21. The molecule has 0 aromatic carbocycles. The van der Waals surface area contributed by atoms with Crippen LogP contribution in [0.25, 0.3) is 0 Å². The van der Waals surface area contributed by atoms with Crippen LogP contribution < -0.4 is 10.6 Å². The monoisotopic (exact) mass is 1070 g/mol. The second-order valence-electron chi connectivity index (χ2n) is 16.6. The van der Waals surface area contributed by atoms with E-state index in [1.807, 2.05) is 0 Å². The zero-order valence-corrected chi connectivity index (χ0v) is 42.4. The first-order valence-electron chi connectivity index (χ1n) is 22.2. The van der Waals surface area contributed by atoms with Crippen molar-refractivity contribution in [1.29, 1.82) is 0 Å². The minimum Gasteiger partial charge on any atom is -0.477 e. The topological polar surface area (TPSA) is 378 Å². The van der Waals surface area contributed by atoms with E-state index in [1.165, 1.54) is 0 Å². The highest BCUT2D eigenvalue weighted by Gasteiger charge is 2.61. The highest BCUT2D eigenvalue weighted by molar-refractivity contribution is 7.80. The van der Waals surface area contributed by atoms with Crippen molar-refractivity contribution in [3.63, 3.8) is 0 Å². The van der Waals surface area contributed by atoms with E-state index in [2.05, 4.69) is 23.3 Å². The Balaban J connectivity index is 2.28. The van der Waals surface area contributed by atoms with Crippen LogP contribution in [0, 0.1) is 0 Å². The summed E-state index contributed by atoms with van der Waals surface area (Å²) in [5, 5.41) is 16.0. The zero-order valence-electron chi connectivity index (χ0n) is 41.5. The molecule has 2 amide bonds. The summed E-state index contributed by atoms with van der Waals surface area (Å²) in [6.45, 7) is 8.18. The number of carbonyl (C=O) groups is 12. The lowest BCUT2D eigenvalue weighted by atomic mass is 9.88. The van der Waals surface area contributed by atoms with Gasteiger partial charge >= 0.3 is 59.7 Å². The third kappa shape index (κ3) is 18.0. The summed E-state index contributed by atoms with van der Waals surface area (Å²) < 4.78 is 79.5. The van der Waals surface area contributed by atoms with Gasteiger partial charge in [-0.1, -0.05) is 0 Å². The molecule has 29 nitrogen and oxygen atoms in total. The Bertz CT molecular complexity index is 2090. The summed E-state index contributed by atoms with van der Waals surface area (Å²) in [6, 6.07) is -3.14. The van der Waals surface area contributed by atoms with Gasteiger partial charge in [0, 0.05) is 76.2 Å². The molecule has 16 atom stereocenters. The lowest BCUT2D eigenvalue weighted by Crippen LogP contribution is -2.70. The number of hydrogen-bond donors (Lipinski definition) is 4. The average molecular weight is 1070 g/mol. The highest BCUT2D eigenvalue weighted by atomic mass is 32.1. The normalized spacial score (nSPS) is 30.5. The summed E-state index contributed by atoms with van der Waals surface area (Å²) >= 11 is 4.50. The first kappa shape index (κ1) is 61.1. The van der Waals surface area contributed by atoms with Crippen molar-refractivity contribution in [2.45, 2.75) is 179 Å². The van der Waals surface area contributed by atoms with E-state index in [4.69, 9.17) is 66.3 Å². The van der Waals surface area contributed by atoms with Gasteiger partial charge in [0.25, 0.3) is 5.79 Å². The van der Waals surface area contributed by atoms with Crippen molar-refractivity contribution in [3.8, 4) is 0 Å². The number of esters is 9. The fourth-order valence-electron chi connectivity index (χ4n) is 8.01. The molecule has 3 aliphatic rings. The summed E-state index contributed by atoms with van der Waals surface area (Å²) in [6.07, 6.45) is -22.8. The maximum Gasteiger partial charge on any atom is 0.364 e. The maximum atomic E-state index is 13.6. The number of aliphatic carboxylic acids is 1. The number of carboxylic acid groups (broad SMARTS) is 1. The fraction of sp³-hybridized carbons (Fsp3) is 0.721. The number of amides is 2. The van der Waals surface area contributed by atoms with Crippen molar-refractivity contribution in [1.82, 2.24) is 10.6 Å². The van der Waals surface area contributed by atoms with Crippen molar-refractivity contribution in [3.05, 3.63) is 0 Å². The molecule has 3 heterocycles. The molecule has 3 aliphatic heterocycles. The molecule has 3 rings (SSSR count). The molecule has 0 saturated carbocycles. The Morgan fingerprint density at radius 3 is 1.52 bits per heavy atom. The molecule has 3 N–H and O–H groups in total. The van der Waals surface area contributed by atoms with Gasteiger partial charge in [0.05, 0.1) is 25.1 Å². The van der Waals surface area contributed by atoms with Crippen LogP contribution in [0.1, 0.15) is 82.6 Å². The molecule has 0 bridgehead atoms. The third-order valence-electron chi connectivity index (χ3n) is 10.4. The maximum absolute atomic E-state index is 13.6. The van der Waals surface area contributed by atoms with E-state index in [9.17, 15) is 62.6 Å². The summed E-state index contributed by atoms with van der Waals surface area (Å²) in [5.41, 5.74) is -1.53. The molecule has 0 aliphatic carbocycles. The molecule has 0 unspecified atom stereocenters. The first-order chi connectivity index (χ1) is 33.9.